The fourth-order valence-corrected chi connectivity index (χ4v) is 3.53. The van der Waals surface area contributed by atoms with Gasteiger partial charge in [0.2, 0.25) is 0 Å². The molecule has 1 amide bonds. The molecule has 0 radical (unpaired) electrons. The van der Waals surface area contributed by atoms with E-state index in [4.69, 9.17) is 0 Å². The van der Waals surface area contributed by atoms with E-state index in [1.165, 1.54) is 29.2 Å². The standard InChI is InChI=1S/C23H16N2O5/c26-21(16-7-3-1-4-8-16)19-20(15-11-13-18(14-12-15)25(29)30)24(23(28)22(19)27)17-9-5-2-6-10-17/h1-14,20,26H/b21-19+/t20-/m0/s1. The Morgan fingerprint density at radius 3 is 2.00 bits per heavy atom. The molecule has 1 atom stereocenters. The summed E-state index contributed by atoms with van der Waals surface area (Å²) in [6, 6.07) is 21.8. The summed E-state index contributed by atoms with van der Waals surface area (Å²) in [5.74, 6) is -1.89. The van der Waals surface area contributed by atoms with E-state index in [2.05, 4.69) is 0 Å². The molecule has 1 aliphatic rings. The van der Waals surface area contributed by atoms with Crippen LogP contribution in [0, 0.1) is 10.1 Å². The number of amides is 1. The summed E-state index contributed by atoms with van der Waals surface area (Å²) in [5.41, 5.74) is 1.18. The number of benzene rings is 3. The van der Waals surface area contributed by atoms with Crippen LogP contribution in [-0.2, 0) is 9.59 Å². The van der Waals surface area contributed by atoms with Crippen molar-refractivity contribution < 1.29 is 19.6 Å². The van der Waals surface area contributed by atoms with E-state index in [1.54, 1.807) is 60.7 Å². The number of para-hydroxylation sites is 1. The Labute approximate surface area is 171 Å². The highest BCUT2D eigenvalue weighted by Crippen LogP contribution is 2.42. The summed E-state index contributed by atoms with van der Waals surface area (Å²) in [5, 5.41) is 21.9. The molecule has 1 aliphatic heterocycles. The number of carbonyl (C=O) groups is 2. The van der Waals surface area contributed by atoms with Crippen molar-refractivity contribution in [2.45, 2.75) is 6.04 Å². The second kappa shape index (κ2) is 7.63. The van der Waals surface area contributed by atoms with Crippen LogP contribution in [0.25, 0.3) is 5.76 Å². The van der Waals surface area contributed by atoms with E-state index in [1.807, 2.05) is 0 Å². The molecule has 7 nitrogen and oxygen atoms in total. The highest BCUT2D eigenvalue weighted by Gasteiger charge is 2.46. The van der Waals surface area contributed by atoms with Crippen molar-refractivity contribution in [3.63, 3.8) is 0 Å². The van der Waals surface area contributed by atoms with Gasteiger partial charge in [-0.3, -0.25) is 24.6 Å². The van der Waals surface area contributed by atoms with Gasteiger partial charge in [-0.25, -0.2) is 0 Å². The maximum atomic E-state index is 12.9. The summed E-state index contributed by atoms with van der Waals surface area (Å²) < 4.78 is 0. The van der Waals surface area contributed by atoms with E-state index in [-0.39, 0.29) is 17.0 Å². The topological polar surface area (TPSA) is 101 Å². The average molecular weight is 400 g/mol. The number of Topliss-reactive ketones (excluding diaryl/α,β-unsaturated/α-hetero) is 1. The van der Waals surface area contributed by atoms with Crippen LogP contribution in [0.15, 0.2) is 90.5 Å². The number of hydrogen-bond donors (Lipinski definition) is 1. The van der Waals surface area contributed by atoms with Crippen LogP contribution < -0.4 is 4.90 Å². The molecule has 1 saturated heterocycles. The average Bonchev–Trinajstić information content (AvgIpc) is 3.05. The molecule has 1 N–H and O–H groups in total. The SMILES string of the molecule is O=C1C(=O)N(c2ccccc2)[C@@H](c2ccc([N+](=O)[O-])cc2)/C1=C(\O)c1ccccc1. The largest absolute Gasteiger partial charge is 0.507 e. The maximum Gasteiger partial charge on any atom is 0.300 e. The monoisotopic (exact) mass is 400 g/mol. The smallest absolute Gasteiger partial charge is 0.300 e. The predicted octanol–water partition coefficient (Wildman–Crippen LogP) is 4.22. The van der Waals surface area contributed by atoms with Gasteiger partial charge >= 0.3 is 0 Å². The Morgan fingerprint density at radius 1 is 0.867 bits per heavy atom. The summed E-state index contributed by atoms with van der Waals surface area (Å²) in [7, 11) is 0. The molecule has 148 valence electrons. The summed E-state index contributed by atoms with van der Waals surface area (Å²) in [4.78, 5) is 37.7. The van der Waals surface area contributed by atoms with Crippen molar-refractivity contribution in [1.82, 2.24) is 0 Å². The molecule has 1 fully saturated rings. The van der Waals surface area contributed by atoms with Crippen LogP contribution in [0.5, 0.6) is 0 Å². The van der Waals surface area contributed by atoms with Gasteiger partial charge < -0.3 is 5.11 Å². The highest BCUT2D eigenvalue weighted by atomic mass is 16.6. The second-order valence-electron chi connectivity index (χ2n) is 6.72. The molecule has 30 heavy (non-hydrogen) atoms. The molecular weight excluding hydrogens is 384 g/mol. The van der Waals surface area contributed by atoms with E-state index < -0.39 is 22.7 Å². The summed E-state index contributed by atoms with van der Waals surface area (Å²) >= 11 is 0. The van der Waals surface area contributed by atoms with Crippen LogP contribution in [0.4, 0.5) is 11.4 Å². The number of ketones is 1. The summed E-state index contributed by atoms with van der Waals surface area (Å²) in [6.45, 7) is 0. The Morgan fingerprint density at radius 2 is 1.43 bits per heavy atom. The minimum atomic E-state index is -0.923. The van der Waals surface area contributed by atoms with Crippen molar-refractivity contribution in [1.29, 1.82) is 0 Å². The number of aliphatic hydroxyl groups is 1. The van der Waals surface area contributed by atoms with Gasteiger partial charge in [0.1, 0.15) is 5.76 Å². The molecule has 0 spiro atoms. The number of aliphatic hydroxyl groups excluding tert-OH is 1. The van der Waals surface area contributed by atoms with Crippen molar-refractivity contribution in [3.05, 3.63) is 112 Å². The Balaban J connectivity index is 1.93. The molecule has 0 aliphatic carbocycles. The summed E-state index contributed by atoms with van der Waals surface area (Å²) in [6.07, 6.45) is 0. The molecular formula is C23H16N2O5. The number of nitro groups is 1. The molecule has 0 saturated carbocycles. The molecule has 4 rings (SSSR count). The van der Waals surface area contributed by atoms with Crippen molar-refractivity contribution in [2.75, 3.05) is 4.90 Å². The predicted molar refractivity (Wildman–Crippen MR) is 111 cm³/mol. The van der Waals surface area contributed by atoms with Crippen molar-refractivity contribution >= 4 is 28.8 Å². The zero-order chi connectivity index (χ0) is 21.3. The van der Waals surface area contributed by atoms with Gasteiger partial charge in [0.25, 0.3) is 17.4 Å². The number of anilines is 1. The van der Waals surface area contributed by atoms with Gasteiger partial charge in [-0.15, -0.1) is 0 Å². The van der Waals surface area contributed by atoms with Gasteiger partial charge in [-0.2, -0.15) is 0 Å². The molecule has 3 aromatic carbocycles. The number of carbonyl (C=O) groups excluding carboxylic acids is 2. The third-order valence-corrected chi connectivity index (χ3v) is 4.95. The van der Waals surface area contributed by atoms with Crippen molar-refractivity contribution in [2.24, 2.45) is 0 Å². The minimum Gasteiger partial charge on any atom is -0.507 e. The molecule has 0 unspecified atom stereocenters. The van der Waals surface area contributed by atoms with Gasteiger partial charge in [0.05, 0.1) is 16.5 Å². The lowest BCUT2D eigenvalue weighted by atomic mass is 9.95. The first-order chi connectivity index (χ1) is 14.5. The van der Waals surface area contributed by atoms with Gasteiger partial charge in [0, 0.05) is 23.4 Å². The Kier molecular flexibility index (Phi) is 4.85. The fraction of sp³-hybridized carbons (Fsp3) is 0.0435. The molecule has 0 aromatic heterocycles. The highest BCUT2D eigenvalue weighted by molar-refractivity contribution is 6.51. The lowest BCUT2D eigenvalue weighted by Gasteiger charge is -2.25. The van der Waals surface area contributed by atoms with Gasteiger partial charge in [0.15, 0.2) is 0 Å². The number of hydrogen-bond acceptors (Lipinski definition) is 5. The number of nitrogens with zero attached hydrogens (tertiary/aromatic N) is 2. The number of nitro benzene ring substituents is 1. The lowest BCUT2D eigenvalue weighted by molar-refractivity contribution is -0.384. The molecule has 3 aromatic rings. The molecule has 1 heterocycles. The first-order valence-electron chi connectivity index (χ1n) is 9.15. The minimum absolute atomic E-state index is 0.0658. The third-order valence-electron chi connectivity index (χ3n) is 4.95. The third kappa shape index (κ3) is 3.22. The number of non-ortho nitro benzene ring substituents is 1. The van der Waals surface area contributed by atoms with Crippen LogP contribution in [0.1, 0.15) is 17.2 Å². The zero-order valence-corrected chi connectivity index (χ0v) is 15.6. The zero-order valence-electron chi connectivity index (χ0n) is 15.6. The Hall–Kier alpha value is -4.26. The van der Waals surface area contributed by atoms with Crippen LogP contribution in [-0.4, -0.2) is 21.7 Å². The normalized spacial score (nSPS) is 17.9. The fourth-order valence-electron chi connectivity index (χ4n) is 3.53. The van der Waals surface area contributed by atoms with E-state index in [9.17, 15) is 24.8 Å². The van der Waals surface area contributed by atoms with E-state index in [0.717, 1.165) is 0 Å². The van der Waals surface area contributed by atoms with Gasteiger partial charge in [-0.1, -0.05) is 48.5 Å². The molecule has 7 heteroatoms. The number of rotatable bonds is 4. The Bertz CT molecular complexity index is 1160. The van der Waals surface area contributed by atoms with Crippen molar-refractivity contribution in [3.8, 4) is 0 Å². The van der Waals surface area contributed by atoms with E-state index >= 15 is 0 Å². The van der Waals surface area contributed by atoms with Gasteiger partial charge in [-0.05, 0) is 29.8 Å². The van der Waals surface area contributed by atoms with Crippen LogP contribution >= 0.6 is 0 Å². The van der Waals surface area contributed by atoms with Crippen LogP contribution in [0.3, 0.4) is 0 Å². The van der Waals surface area contributed by atoms with Crippen LogP contribution in [0.2, 0.25) is 0 Å². The van der Waals surface area contributed by atoms with E-state index in [0.29, 0.717) is 16.8 Å². The quantitative estimate of drug-likeness (QED) is 0.232. The first kappa shape index (κ1) is 19.1. The lowest BCUT2D eigenvalue weighted by Crippen LogP contribution is -2.29. The molecule has 0 bridgehead atoms. The second-order valence-corrected chi connectivity index (χ2v) is 6.72. The first-order valence-corrected chi connectivity index (χ1v) is 9.15. The maximum absolute atomic E-state index is 12.9.